The van der Waals surface area contributed by atoms with Crippen molar-refractivity contribution in [3.63, 3.8) is 0 Å². The van der Waals surface area contributed by atoms with Gasteiger partial charge in [-0.2, -0.15) is 0 Å². The minimum absolute atomic E-state index is 0.254. The topological polar surface area (TPSA) is 46.5 Å². The van der Waals surface area contributed by atoms with Crippen LogP contribution in [0, 0.1) is 5.92 Å². The Bertz CT molecular complexity index is 341. The van der Waals surface area contributed by atoms with E-state index in [0.717, 1.165) is 12.8 Å². The van der Waals surface area contributed by atoms with E-state index in [0.29, 0.717) is 12.5 Å². The molecule has 1 aromatic rings. The lowest BCUT2D eigenvalue weighted by molar-refractivity contribution is -0.140. The summed E-state index contributed by atoms with van der Waals surface area (Å²) < 4.78 is 5.68. The Hall–Kier alpha value is -1.35. The standard InChI is InChI=1S/C13H16O3/c14-13(15)8-11-6-12(7-11)16-9-10-4-2-1-3-5-10/h1-5,11-12H,6-9H2,(H,14,15). The zero-order valence-corrected chi connectivity index (χ0v) is 9.13. The van der Waals surface area contributed by atoms with Crippen LogP contribution in [0.1, 0.15) is 24.8 Å². The number of carboxylic acids is 1. The van der Waals surface area contributed by atoms with Crippen LogP contribution >= 0.6 is 0 Å². The first-order chi connectivity index (χ1) is 7.74. The van der Waals surface area contributed by atoms with Crippen molar-refractivity contribution in [3.8, 4) is 0 Å². The van der Waals surface area contributed by atoms with Crippen molar-refractivity contribution >= 4 is 5.97 Å². The van der Waals surface area contributed by atoms with E-state index in [4.69, 9.17) is 9.84 Å². The quantitative estimate of drug-likeness (QED) is 0.829. The van der Waals surface area contributed by atoms with Crippen molar-refractivity contribution in [2.75, 3.05) is 0 Å². The molecular weight excluding hydrogens is 204 g/mol. The molecule has 0 saturated heterocycles. The van der Waals surface area contributed by atoms with Crippen LogP contribution in [0.4, 0.5) is 0 Å². The van der Waals surface area contributed by atoms with Gasteiger partial charge in [0.25, 0.3) is 0 Å². The maximum absolute atomic E-state index is 10.4. The predicted octanol–water partition coefficient (Wildman–Crippen LogP) is 2.46. The molecule has 0 aromatic heterocycles. The number of carboxylic acid groups (broad SMARTS) is 1. The Morgan fingerprint density at radius 1 is 1.31 bits per heavy atom. The van der Waals surface area contributed by atoms with Crippen molar-refractivity contribution in [1.82, 2.24) is 0 Å². The molecule has 0 radical (unpaired) electrons. The maximum atomic E-state index is 10.4. The molecule has 86 valence electrons. The van der Waals surface area contributed by atoms with Crippen LogP contribution in [0.5, 0.6) is 0 Å². The van der Waals surface area contributed by atoms with E-state index in [1.807, 2.05) is 30.3 Å². The monoisotopic (exact) mass is 220 g/mol. The highest BCUT2D eigenvalue weighted by Crippen LogP contribution is 2.33. The summed E-state index contributed by atoms with van der Waals surface area (Å²) in [7, 11) is 0. The number of aliphatic carboxylic acids is 1. The first-order valence-electron chi connectivity index (χ1n) is 5.61. The molecule has 1 aromatic carbocycles. The molecule has 1 aliphatic rings. The van der Waals surface area contributed by atoms with Gasteiger partial charge in [-0.3, -0.25) is 4.79 Å². The van der Waals surface area contributed by atoms with Crippen molar-refractivity contribution in [1.29, 1.82) is 0 Å². The number of ether oxygens (including phenoxy) is 1. The van der Waals surface area contributed by atoms with Gasteiger partial charge in [-0.05, 0) is 24.3 Å². The fourth-order valence-electron chi connectivity index (χ4n) is 2.01. The maximum Gasteiger partial charge on any atom is 0.303 e. The van der Waals surface area contributed by atoms with E-state index in [1.165, 1.54) is 5.56 Å². The second kappa shape index (κ2) is 5.12. The van der Waals surface area contributed by atoms with Gasteiger partial charge in [0.1, 0.15) is 0 Å². The minimum Gasteiger partial charge on any atom is -0.481 e. The molecule has 0 heterocycles. The highest BCUT2D eigenvalue weighted by Gasteiger charge is 2.31. The van der Waals surface area contributed by atoms with Crippen LogP contribution in [-0.2, 0) is 16.1 Å². The van der Waals surface area contributed by atoms with Gasteiger partial charge in [0.2, 0.25) is 0 Å². The fraction of sp³-hybridized carbons (Fsp3) is 0.462. The van der Waals surface area contributed by atoms with Crippen molar-refractivity contribution < 1.29 is 14.6 Å². The second-order valence-electron chi connectivity index (χ2n) is 4.35. The fourth-order valence-corrected chi connectivity index (χ4v) is 2.01. The number of hydrogen-bond donors (Lipinski definition) is 1. The van der Waals surface area contributed by atoms with Crippen molar-refractivity contribution in [3.05, 3.63) is 35.9 Å². The van der Waals surface area contributed by atoms with Gasteiger partial charge >= 0.3 is 5.97 Å². The first-order valence-corrected chi connectivity index (χ1v) is 5.61. The lowest BCUT2D eigenvalue weighted by Crippen LogP contribution is -2.32. The number of benzene rings is 1. The van der Waals surface area contributed by atoms with Crippen LogP contribution in [-0.4, -0.2) is 17.2 Å². The summed E-state index contributed by atoms with van der Waals surface area (Å²) in [5, 5.41) is 8.60. The Kier molecular flexibility index (Phi) is 3.57. The van der Waals surface area contributed by atoms with E-state index in [9.17, 15) is 4.79 Å². The van der Waals surface area contributed by atoms with E-state index >= 15 is 0 Å². The van der Waals surface area contributed by atoms with E-state index in [1.54, 1.807) is 0 Å². The average molecular weight is 220 g/mol. The second-order valence-corrected chi connectivity index (χ2v) is 4.35. The van der Waals surface area contributed by atoms with Crippen LogP contribution in [0.25, 0.3) is 0 Å². The summed E-state index contributed by atoms with van der Waals surface area (Å²) in [5.74, 6) is -0.384. The zero-order chi connectivity index (χ0) is 11.4. The van der Waals surface area contributed by atoms with Crippen molar-refractivity contribution in [2.45, 2.75) is 32.0 Å². The first kappa shape index (κ1) is 11.1. The lowest BCUT2D eigenvalue weighted by Gasteiger charge is -2.34. The summed E-state index contributed by atoms with van der Waals surface area (Å²) in [6, 6.07) is 10.0. The third-order valence-electron chi connectivity index (χ3n) is 2.98. The summed E-state index contributed by atoms with van der Waals surface area (Å²) in [4.78, 5) is 10.4. The van der Waals surface area contributed by atoms with Gasteiger partial charge in [0, 0.05) is 6.42 Å². The van der Waals surface area contributed by atoms with Gasteiger partial charge in [-0.15, -0.1) is 0 Å². The van der Waals surface area contributed by atoms with Gasteiger partial charge in [-0.1, -0.05) is 30.3 Å². The van der Waals surface area contributed by atoms with Gasteiger partial charge in [0.15, 0.2) is 0 Å². The van der Waals surface area contributed by atoms with E-state index in [2.05, 4.69) is 0 Å². The molecular formula is C13H16O3. The summed E-state index contributed by atoms with van der Waals surface area (Å²) in [5.41, 5.74) is 1.17. The van der Waals surface area contributed by atoms with Gasteiger partial charge in [0.05, 0.1) is 12.7 Å². The molecule has 1 N–H and O–H groups in total. The van der Waals surface area contributed by atoms with E-state index in [-0.39, 0.29) is 12.5 Å². The Balaban J connectivity index is 1.65. The highest BCUT2D eigenvalue weighted by molar-refractivity contribution is 5.67. The Labute approximate surface area is 95.0 Å². The third-order valence-corrected chi connectivity index (χ3v) is 2.98. The molecule has 2 rings (SSSR count). The molecule has 1 saturated carbocycles. The lowest BCUT2D eigenvalue weighted by atomic mass is 9.80. The molecule has 0 spiro atoms. The summed E-state index contributed by atoms with van der Waals surface area (Å²) in [6.07, 6.45) is 2.31. The largest absolute Gasteiger partial charge is 0.481 e. The minimum atomic E-state index is -0.702. The number of rotatable bonds is 5. The SMILES string of the molecule is O=C(O)CC1CC(OCc2ccccc2)C1. The Morgan fingerprint density at radius 3 is 2.62 bits per heavy atom. The average Bonchev–Trinajstić information content (AvgIpc) is 2.22. The molecule has 3 heteroatoms. The molecule has 0 amide bonds. The highest BCUT2D eigenvalue weighted by atomic mass is 16.5. The molecule has 1 fully saturated rings. The zero-order valence-electron chi connectivity index (χ0n) is 9.13. The molecule has 0 bridgehead atoms. The van der Waals surface area contributed by atoms with Crippen LogP contribution in [0.2, 0.25) is 0 Å². The molecule has 0 unspecified atom stereocenters. The number of hydrogen-bond acceptors (Lipinski definition) is 2. The van der Waals surface area contributed by atoms with E-state index < -0.39 is 5.97 Å². The van der Waals surface area contributed by atoms with Crippen LogP contribution in [0.15, 0.2) is 30.3 Å². The molecule has 0 atom stereocenters. The molecule has 3 nitrogen and oxygen atoms in total. The molecule has 16 heavy (non-hydrogen) atoms. The normalized spacial score (nSPS) is 23.8. The predicted molar refractivity (Wildman–Crippen MR) is 60.0 cm³/mol. The third kappa shape index (κ3) is 3.07. The molecule has 1 aliphatic carbocycles. The molecule has 0 aliphatic heterocycles. The Morgan fingerprint density at radius 2 is 2.00 bits per heavy atom. The van der Waals surface area contributed by atoms with Gasteiger partial charge < -0.3 is 9.84 Å². The van der Waals surface area contributed by atoms with Crippen LogP contribution in [0.3, 0.4) is 0 Å². The van der Waals surface area contributed by atoms with Crippen LogP contribution < -0.4 is 0 Å². The summed E-state index contributed by atoms with van der Waals surface area (Å²) >= 11 is 0. The van der Waals surface area contributed by atoms with Gasteiger partial charge in [-0.25, -0.2) is 0 Å². The summed E-state index contributed by atoms with van der Waals surface area (Å²) in [6.45, 7) is 0.630. The smallest absolute Gasteiger partial charge is 0.303 e. The van der Waals surface area contributed by atoms with Crippen molar-refractivity contribution in [2.24, 2.45) is 5.92 Å². The number of carbonyl (C=O) groups is 1.